The molecule has 0 atom stereocenters. The van der Waals surface area contributed by atoms with Gasteiger partial charge < -0.3 is 5.32 Å². The van der Waals surface area contributed by atoms with Gasteiger partial charge in [-0.15, -0.1) is 0 Å². The molecule has 0 unspecified atom stereocenters. The molecule has 0 fully saturated rings. The van der Waals surface area contributed by atoms with Gasteiger partial charge in [0.25, 0.3) is 5.91 Å². The fourth-order valence-electron chi connectivity index (χ4n) is 2.67. The second-order valence-corrected chi connectivity index (χ2v) is 5.11. The molecule has 0 aromatic heterocycles. The van der Waals surface area contributed by atoms with E-state index < -0.39 is 0 Å². The Morgan fingerprint density at radius 3 is 2.89 bits per heavy atom. The van der Waals surface area contributed by atoms with Gasteiger partial charge in [0.15, 0.2) is 0 Å². The van der Waals surface area contributed by atoms with E-state index in [-0.39, 0.29) is 5.91 Å². The van der Waals surface area contributed by atoms with Crippen molar-refractivity contribution in [3.63, 3.8) is 0 Å². The topological polar surface area (TPSA) is 29.1 Å². The first kappa shape index (κ1) is 13.1. The Balaban J connectivity index is 2.01. The van der Waals surface area contributed by atoms with E-state index in [0.717, 1.165) is 31.4 Å². The number of hydrogen-bond donors (Lipinski definition) is 1. The molecule has 2 nitrogen and oxygen atoms in total. The van der Waals surface area contributed by atoms with E-state index in [9.17, 15) is 4.79 Å². The molecule has 0 aliphatic heterocycles. The zero-order chi connectivity index (χ0) is 12.8. The van der Waals surface area contributed by atoms with Crippen LogP contribution in [-0.4, -0.2) is 12.5 Å². The molecule has 2 rings (SSSR count). The van der Waals surface area contributed by atoms with Crippen LogP contribution in [0.4, 0.5) is 0 Å². The zero-order valence-corrected chi connectivity index (χ0v) is 11.3. The molecule has 1 aromatic rings. The van der Waals surface area contributed by atoms with Gasteiger partial charge in [0.1, 0.15) is 0 Å². The first-order valence-electron chi connectivity index (χ1n) is 7.22. The predicted molar refractivity (Wildman–Crippen MR) is 74.9 cm³/mol. The van der Waals surface area contributed by atoms with E-state index in [1.54, 1.807) is 0 Å². The molecule has 2 heteroatoms. The van der Waals surface area contributed by atoms with Crippen molar-refractivity contribution in [2.45, 2.75) is 51.9 Å². The number of nitrogens with one attached hydrogen (secondary N) is 1. The summed E-state index contributed by atoms with van der Waals surface area (Å²) in [5.41, 5.74) is 3.57. The van der Waals surface area contributed by atoms with Crippen LogP contribution in [0.2, 0.25) is 0 Å². The van der Waals surface area contributed by atoms with Crippen molar-refractivity contribution >= 4 is 5.91 Å². The average Bonchev–Trinajstić information content (AvgIpc) is 2.43. The third-order valence-corrected chi connectivity index (χ3v) is 3.71. The van der Waals surface area contributed by atoms with Gasteiger partial charge in [-0.3, -0.25) is 4.79 Å². The molecule has 98 valence electrons. The Morgan fingerprint density at radius 1 is 1.22 bits per heavy atom. The quantitative estimate of drug-likeness (QED) is 0.791. The van der Waals surface area contributed by atoms with Crippen molar-refractivity contribution in [1.29, 1.82) is 0 Å². The molecule has 1 aromatic carbocycles. The smallest absolute Gasteiger partial charge is 0.251 e. The molecule has 1 aliphatic rings. The molecular formula is C16H23NO. The standard InChI is InChI=1S/C16H23NO/c1-2-3-6-12-17-16(18)15-11-7-9-13-8-4-5-10-14(13)15/h7,9,11H,2-6,8,10,12H2,1H3,(H,17,18). The van der Waals surface area contributed by atoms with Gasteiger partial charge in [-0.25, -0.2) is 0 Å². The van der Waals surface area contributed by atoms with E-state index in [4.69, 9.17) is 0 Å². The second kappa shape index (κ2) is 6.58. The Bertz CT molecular complexity index is 412. The van der Waals surface area contributed by atoms with Gasteiger partial charge in [-0.05, 0) is 49.3 Å². The highest BCUT2D eigenvalue weighted by molar-refractivity contribution is 5.96. The van der Waals surface area contributed by atoms with E-state index in [0.29, 0.717) is 0 Å². The third-order valence-electron chi connectivity index (χ3n) is 3.71. The van der Waals surface area contributed by atoms with Gasteiger partial charge in [0, 0.05) is 12.1 Å². The van der Waals surface area contributed by atoms with Crippen molar-refractivity contribution in [2.24, 2.45) is 0 Å². The maximum Gasteiger partial charge on any atom is 0.251 e. The lowest BCUT2D eigenvalue weighted by molar-refractivity contribution is 0.0951. The van der Waals surface area contributed by atoms with Crippen molar-refractivity contribution < 1.29 is 4.79 Å². The van der Waals surface area contributed by atoms with Crippen molar-refractivity contribution in [3.8, 4) is 0 Å². The van der Waals surface area contributed by atoms with Gasteiger partial charge in [0.05, 0.1) is 0 Å². The van der Waals surface area contributed by atoms with Gasteiger partial charge >= 0.3 is 0 Å². The minimum absolute atomic E-state index is 0.116. The largest absolute Gasteiger partial charge is 0.352 e. The number of unbranched alkanes of at least 4 members (excludes halogenated alkanes) is 2. The number of fused-ring (bicyclic) bond motifs is 1. The molecular weight excluding hydrogens is 222 g/mol. The molecule has 0 spiro atoms. The molecule has 1 N–H and O–H groups in total. The van der Waals surface area contributed by atoms with Gasteiger partial charge in [0.2, 0.25) is 0 Å². The number of benzene rings is 1. The van der Waals surface area contributed by atoms with Crippen LogP contribution in [0.15, 0.2) is 18.2 Å². The molecule has 1 amide bonds. The van der Waals surface area contributed by atoms with Crippen molar-refractivity contribution in [1.82, 2.24) is 5.32 Å². The average molecular weight is 245 g/mol. The summed E-state index contributed by atoms with van der Waals surface area (Å²) in [7, 11) is 0. The minimum Gasteiger partial charge on any atom is -0.352 e. The van der Waals surface area contributed by atoms with Crippen molar-refractivity contribution in [3.05, 3.63) is 34.9 Å². The number of aryl methyl sites for hydroxylation is 1. The van der Waals surface area contributed by atoms with E-state index in [1.807, 2.05) is 12.1 Å². The van der Waals surface area contributed by atoms with Crippen LogP contribution in [0.25, 0.3) is 0 Å². The lowest BCUT2D eigenvalue weighted by atomic mass is 9.88. The fraction of sp³-hybridized carbons (Fsp3) is 0.562. The first-order valence-corrected chi connectivity index (χ1v) is 7.22. The van der Waals surface area contributed by atoms with Crippen LogP contribution in [-0.2, 0) is 12.8 Å². The summed E-state index contributed by atoms with van der Waals surface area (Å²) in [5.74, 6) is 0.116. The van der Waals surface area contributed by atoms with E-state index in [2.05, 4.69) is 18.3 Å². The van der Waals surface area contributed by atoms with E-state index >= 15 is 0 Å². The number of rotatable bonds is 5. The molecule has 0 saturated heterocycles. The first-order chi connectivity index (χ1) is 8.83. The zero-order valence-electron chi connectivity index (χ0n) is 11.3. The van der Waals surface area contributed by atoms with Crippen molar-refractivity contribution in [2.75, 3.05) is 6.54 Å². The normalized spacial score (nSPS) is 14.1. The van der Waals surface area contributed by atoms with Gasteiger partial charge in [-0.2, -0.15) is 0 Å². The van der Waals surface area contributed by atoms with Crippen LogP contribution < -0.4 is 5.32 Å². The number of hydrogen-bond acceptors (Lipinski definition) is 1. The number of carbonyl (C=O) groups is 1. The van der Waals surface area contributed by atoms with E-state index in [1.165, 1.54) is 36.8 Å². The summed E-state index contributed by atoms with van der Waals surface area (Å²) in [6, 6.07) is 6.16. The summed E-state index contributed by atoms with van der Waals surface area (Å²) in [5, 5.41) is 3.04. The molecule has 0 bridgehead atoms. The SMILES string of the molecule is CCCCCNC(=O)c1cccc2c1CCCC2. The van der Waals surface area contributed by atoms with Crippen LogP contribution >= 0.6 is 0 Å². The maximum atomic E-state index is 12.2. The number of carbonyl (C=O) groups excluding carboxylic acids is 1. The Hall–Kier alpha value is -1.31. The predicted octanol–water partition coefficient (Wildman–Crippen LogP) is 3.49. The molecule has 1 aliphatic carbocycles. The highest BCUT2D eigenvalue weighted by atomic mass is 16.1. The summed E-state index contributed by atoms with van der Waals surface area (Å²) >= 11 is 0. The summed E-state index contributed by atoms with van der Waals surface area (Å²) < 4.78 is 0. The summed E-state index contributed by atoms with van der Waals surface area (Å²) in [4.78, 5) is 12.2. The fourth-order valence-corrected chi connectivity index (χ4v) is 2.67. The molecule has 0 radical (unpaired) electrons. The van der Waals surface area contributed by atoms with Crippen LogP contribution in [0.3, 0.4) is 0 Å². The minimum atomic E-state index is 0.116. The number of amides is 1. The third kappa shape index (κ3) is 3.12. The molecule has 0 saturated carbocycles. The highest BCUT2D eigenvalue weighted by Crippen LogP contribution is 2.24. The van der Waals surface area contributed by atoms with Crippen LogP contribution in [0.5, 0.6) is 0 Å². The molecule has 0 heterocycles. The maximum absolute atomic E-state index is 12.2. The van der Waals surface area contributed by atoms with Crippen LogP contribution in [0.1, 0.15) is 60.5 Å². The summed E-state index contributed by atoms with van der Waals surface area (Å²) in [6.07, 6.45) is 8.13. The van der Waals surface area contributed by atoms with Crippen LogP contribution in [0, 0.1) is 0 Å². The second-order valence-electron chi connectivity index (χ2n) is 5.11. The Kier molecular flexibility index (Phi) is 4.80. The molecule has 18 heavy (non-hydrogen) atoms. The lowest BCUT2D eigenvalue weighted by Gasteiger charge is -2.18. The monoisotopic (exact) mass is 245 g/mol. The highest BCUT2D eigenvalue weighted by Gasteiger charge is 2.16. The van der Waals surface area contributed by atoms with Gasteiger partial charge in [-0.1, -0.05) is 31.9 Å². The summed E-state index contributed by atoms with van der Waals surface area (Å²) in [6.45, 7) is 2.98. The lowest BCUT2D eigenvalue weighted by Crippen LogP contribution is -2.26. The Morgan fingerprint density at radius 2 is 2.06 bits per heavy atom. The Labute approximate surface area is 110 Å².